The minimum atomic E-state index is -4.77. The van der Waals surface area contributed by atoms with Crippen LogP contribution in [0, 0.1) is 6.92 Å². The first kappa shape index (κ1) is 21.0. The fourth-order valence-electron chi connectivity index (χ4n) is 2.93. The van der Waals surface area contributed by atoms with Crippen molar-refractivity contribution in [3.8, 4) is 16.8 Å². The Morgan fingerprint density at radius 2 is 1.76 bits per heavy atom. The molecule has 0 aliphatic rings. The van der Waals surface area contributed by atoms with Gasteiger partial charge in [-0.15, -0.1) is 0 Å². The number of benzene rings is 2. The molecule has 3 aromatic rings. The topological polar surface area (TPSA) is 70.1 Å². The van der Waals surface area contributed by atoms with E-state index in [0.717, 1.165) is 4.68 Å². The minimum absolute atomic E-state index is 0.0847. The summed E-state index contributed by atoms with van der Waals surface area (Å²) in [5, 5.41) is 4.00. The summed E-state index contributed by atoms with van der Waals surface area (Å²) in [6.45, 7) is 1.62. The number of ether oxygens (including phenoxy) is 1. The van der Waals surface area contributed by atoms with Crippen molar-refractivity contribution < 1.29 is 22.7 Å². The van der Waals surface area contributed by atoms with Crippen molar-refractivity contribution in [2.75, 3.05) is 12.8 Å². The van der Waals surface area contributed by atoms with Gasteiger partial charge < -0.3 is 10.5 Å². The first-order valence-corrected chi connectivity index (χ1v) is 8.90. The fraction of sp³-hybridized carbons (Fsp3) is 0.158. The molecule has 0 saturated carbocycles. The molecule has 0 aliphatic carbocycles. The fourth-order valence-corrected chi connectivity index (χ4v) is 3.45. The van der Waals surface area contributed by atoms with Crippen molar-refractivity contribution in [3.63, 3.8) is 0 Å². The Hall–Kier alpha value is -2.71. The van der Waals surface area contributed by atoms with Crippen LogP contribution in [0.1, 0.15) is 21.6 Å². The van der Waals surface area contributed by atoms with Crippen molar-refractivity contribution in [3.05, 3.63) is 63.3 Å². The van der Waals surface area contributed by atoms with Crippen LogP contribution in [-0.4, -0.2) is 22.9 Å². The molecular weight excluding hydrogens is 430 g/mol. The predicted octanol–water partition coefficient (Wildman–Crippen LogP) is 5.54. The Bertz CT molecular complexity index is 1090. The van der Waals surface area contributed by atoms with Gasteiger partial charge in [0.1, 0.15) is 5.82 Å². The normalized spacial score (nSPS) is 11.6. The van der Waals surface area contributed by atoms with Crippen LogP contribution in [0.25, 0.3) is 16.8 Å². The zero-order chi connectivity index (χ0) is 21.5. The van der Waals surface area contributed by atoms with Gasteiger partial charge in [-0.05, 0) is 54.4 Å². The molecule has 5 nitrogen and oxygen atoms in total. The quantitative estimate of drug-likeness (QED) is 0.539. The molecule has 10 heteroatoms. The van der Waals surface area contributed by atoms with Crippen molar-refractivity contribution in [1.82, 2.24) is 9.78 Å². The second-order valence-electron chi connectivity index (χ2n) is 6.17. The van der Waals surface area contributed by atoms with Crippen molar-refractivity contribution in [2.45, 2.75) is 13.1 Å². The van der Waals surface area contributed by atoms with E-state index in [0.29, 0.717) is 5.56 Å². The van der Waals surface area contributed by atoms with Gasteiger partial charge in [0.25, 0.3) is 0 Å². The molecule has 152 valence electrons. The molecule has 0 atom stereocenters. The molecule has 1 aromatic heterocycles. The third-order valence-electron chi connectivity index (χ3n) is 4.20. The summed E-state index contributed by atoms with van der Waals surface area (Å²) in [4.78, 5) is 11.7. The van der Waals surface area contributed by atoms with Gasteiger partial charge in [0, 0.05) is 10.0 Å². The molecule has 0 bridgehead atoms. The van der Waals surface area contributed by atoms with Gasteiger partial charge in [-0.3, -0.25) is 0 Å². The zero-order valence-electron chi connectivity index (χ0n) is 15.1. The lowest BCUT2D eigenvalue weighted by atomic mass is 10.0. The summed E-state index contributed by atoms with van der Waals surface area (Å²) in [5.74, 6) is -0.811. The Morgan fingerprint density at radius 1 is 1.14 bits per heavy atom. The van der Waals surface area contributed by atoms with E-state index in [1.54, 1.807) is 6.92 Å². The van der Waals surface area contributed by atoms with E-state index in [4.69, 9.17) is 28.9 Å². The van der Waals surface area contributed by atoms with Crippen LogP contribution >= 0.6 is 23.2 Å². The van der Waals surface area contributed by atoms with Gasteiger partial charge in [-0.2, -0.15) is 18.3 Å². The van der Waals surface area contributed by atoms with E-state index in [-0.39, 0.29) is 38.2 Å². The number of esters is 1. The maximum absolute atomic E-state index is 13.7. The average molecular weight is 444 g/mol. The summed E-state index contributed by atoms with van der Waals surface area (Å²) in [5.41, 5.74) is 5.65. The van der Waals surface area contributed by atoms with Gasteiger partial charge in [-0.1, -0.05) is 23.2 Å². The van der Waals surface area contributed by atoms with Gasteiger partial charge in [-0.25, -0.2) is 9.48 Å². The van der Waals surface area contributed by atoms with E-state index in [1.165, 1.54) is 43.5 Å². The van der Waals surface area contributed by atoms with Crippen LogP contribution in [-0.2, 0) is 10.9 Å². The Balaban J connectivity index is 2.24. The van der Waals surface area contributed by atoms with Crippen LogP contribution in [0.3, 0.4) is 0 Å². The van der Waals surface area contributed by atoms with Crippen LogP contribution < -0.4 is 5.73 Å². The number of nitrogen functional groups attached to an aromatic ring is 1. The SMILES string of the molecule is COC(=O)c1ccc(-n2nc(C(F)(F)F)c(-c3cc(Cl)cc(Cl)c3)c2N)cc1C. The molecule has 0 aliphatic heterocycles. The molecule has 0 saturated heterocycles. The highest BCUT2D eigenvalue weighted by Crippen LogP contribution is 2.42. The van der Waals surface area contributed by atoms with Gasteiger partial charge in [0.05, 0.1) is 23.9 Å². The highest BCUT2D eigenvalue weighted by atomic mass is 35.5. The molecule has 0 radical (unpaired) electrons. The second kappa shape index (κ2) is 7.61. The number of anilines is 1. The molecule has 0 unspecified atom stereocenters. The van der Waals surface area contributed by atoms with Crippen LogP contribution in [0.2, 0.25) is 10.0 Å². The molecular formula is C19H14Cl2F3N3O2. The lowest BCUT2D eigenvalue weighted by Gasteiger charge is -2.09. The van der Waals surface area contributed by atoms with E-state index < -0.39 is 17.8 Å². The average Bonchev–Trinajstić information content (AvgIpc) is 2.97. The van der Waals surface area contributed by atoms with E-state index >= 15 is 0 Å². The molecule has 29 heavy (non-hydrogen) atoms. The Kier molecular flexibility index (Phi) is 5.51. The standard InChI is InChI=1S/C19H14Cl2F3N3O2/c1-9-5-13(3-4-14(9)18(28)29-2)27-17(25)15(16(26-27)19(22,23)24)10-6-11(20)8-12(21)7-10/h3-8H,25H2,1-2H3. The summed E-state index contributed by atoms with van der Waals surface area (Å²) in [6.07, 6.45) is -4.77. The number of carbonyl (C=O) groups is 1. The monoisotopic (exact) mass is 443 g/mol. The number of nitrogens with zero attached hydrogens (tertiary/aromatic N) is 2. The Labute approximate surface area is 173 Å². The molecule has 0 spiro atoms. The lowest BCUT2D eigenvalue weighted by Crippen LogP contribution is -2.09. The molecule has 0 amide bonds. The molecule has 0 fully saturated rings. The van der Waals surface area contributed by atoms with Crippen LogP contribution in [0.5, 0.6) is 0 Å². The number of aromatic nitrogens is 2. The van der Waals surface area contributed by atoms with Gasteiger partial charge >= 0.3 is 12.1 Å². The molecule has 2 aromatic carbocycles. The van der Waals surface area contributed by atoms with Crippen molar-refractivity contribution in [2.24, 2.45) is 0 Å². The number of rotatable bonds is 3. The van der Waals surface area contributed by atoms with Crippen LogP contribution in [0.4, 0.5) is 19.0 Å². The number of nitrogens with two attached hydrogens (primary N) is 1. The van der Waals surface area contributed by atoms with Crippen LogP contribution in [0.15, 0.2) is 36.4 Å². The van der Waals surface area contributed by atoms with Gasteiger partial charge in [0.2, 0.25) is 0 Å². The van der Waals surface area contributed by atoms with E-state index in [2.05, 4.69) is 9.84 Å². The number of hydrogen-bond acceptors (Lipinski definition) is 4. The zero-order valence-corrected chi connectivity index (χ0v) is 16.7. The first-order valence-electron chi connectivity index (χ1n) is 8.14. The predicted molar refractivity (Wildman–Crippen MR) is 105 cm³/mol. The molecule has 2 N–H and O–H groups in total. The molecule has 1 heterocycles. The smallest absolute Gasteiger partial charge is 0.435 e. The summed E-state index contributed by atoms with van der Waals surface area (Å²) < 4.78 is 46.7. The van der Waals surface area contributed by atoms with Crippen molar-refractivity contribution in [1.29, 1.82) is 0 Å². The highest BCUT2D eigenvalue weighted by Gasteiger charge is 2.39. The maximum atomic E-state index is 13.7. The summed E-state index contributed by atoms with van der Waals surface area (Å²) >= 11 is 11.9. The largest absolute Gasteiger partial charge is 0.465 e. The third-order valence-corrected chi connectivity index (χ3v) is 4.64. The third kappa shape index (κ3) is 4.04. The highest BCUT2D eigenvalue weighted by molar-refractivity contribution is 6.35. The summed E-state index contributed by atoms with van der Waals surface area (Å²) in [6, 6.07) is 8.40. The van der Waals surface area contributed by atoms with E-state index in [9.17, 15) is 18.0 Å². The number of halogens is 5. The second-order valence-corrected chi connectivity index (χ2v) is 7.04. The minimum Gasteiger partial charge on any atom is -0.465 e. The van der Waals surface area contributed by atoms with E-state index in [1.807, 2.05) is 0 Å². The first-order chi connectivity index (χ1) is 13.5. The summed E-state index contributed by atoms with van der Waals surface area (Å²) in [7, 11) is 1.24. The molecule has 3 rings (SSSR count). The number of alkyl halides is 3. The number of aryl methyl sites for hydroxylation is 1. The maximum Gasteiger partial charge on any atom is 0.435 e. The Morgan fingerprint density at radius 3 is 2.28 bits per heavy atom. The van der Waals surface area contributed by atoms with Crippen molar-refractivity contribution >= 4 is 35.0 Å². The van der Waals surface area contributed by atoms with Gasteiger partial charge in [0.15, 0.2) is 5.69 Å². The number of methoxy groups -OCH3 is 1. The lowest BCUT2D eigenvalue weighted by molar-refractivity contribution is -0.140. The number of hydrogen-bond donors (Lipinski definition) is 1. The number of carbonyl (C=O) groups excluding carboxylic acids is 1.